The maximum Gasteiger partial charge on any atom is 0.0675 e. The topological polar surface area (TPSA) is 27.0 Å². The van der Waals surface area contributed by atoms with E-state index >= 15 is 0 Å². The van der Waals surface area contributed by atoms with E-state index in [4.69, 9.17) is 0 Å². The van der Waals surface area contributed by atoms with Gasteiger partial charge in [-0.1, -0.05) is 48.5 Å². The first-order chi connectivity index (χ1) is 9.38. The van der Waals surface area contributed by atoms with Crippen molar-refractivity contribution < 1.29 is 0 Å². The molecule has 0 radical (unpaired) electrons. The summed E-state index contributed by atoms with van der Waals surface area (Å²) in [6.07, 6.45) is 0.912. The van der Waals surface area contributed by atoms with Crippen LogP contribution in [0.2, 0.25) is 0 Å². The molecule has 2 nitrogen and oxygen atoms in total. The number of nitrogens with zero attached hydrogens (tertiary/aromatic N) is 2. The van der Waals surface area contributed by atoms with Crippen LogP contribution in [0.5, 0.6) is 0 Å². The lowest BCUT2D eigenvalue weighted by atomic mass is 10.0. The van der Waals surface area contributed by atoms with Crippen LogP contribution in [-0.4, -0.2) is 6.54 Å². The summed E-state index contributed by atoms with van der Waals surface area (Å²) in [5, 5.41) is 9.22. The van der Waals surface area contributed by atoms with Gasteiger partial charge in [0.2, 0.25) is 0 Å². The van der Waals surface area contributed by atoms with Crippen molar-refractivity contribution in [1.82, 2.24) is 0 Å². The summed E-state index contributed by atoms with van der Waals surface area (Å²) in [7, 11) is 0. The molecular formula is C17H16N2. The molecule has 0 unspecified atom stereocenters. The smallest absolute Gasteiger partial charge is 0.0675 e. The van der Waals surface area contributed by atoms with Crippen LogP contribution in [0.3, 0.4) is 0 Å². The SMILES string of the molecule is N#C[C@@H]1C[C@@H](c2ccccc2)N(c2ccccc2)C1. The molecule has 3 rings (SSSR count). The van der Waals surface area contributed by atoms with E-state index in [0.29, 0.717) is 6.04 Å². The van der Waals surface area contributed by atoms with Crippen LogP contribution in [0.25, 0.3) is 0 Å². The van der Waals surface area contributed by atoms with Gasteiger partial charge >= 0.3 is 0 Å². The average Bonchev–Trinajstić information content (AvgIpc) is 2.93. The Bertz CT molecular complexity index is 524. The minimum Gasteiger partial charge on any atom is -0.363 e. The van der Waals surface area contributed by atoms with E-state index < -0.39 is 0 Å². The van der Waals surface area contributed by atoms with Crippen LogP contribution >= 0.6 is 0 Å². The van der Waals surface area contributed by atoms with Gasteiger partial charge in [-0.05, 0) is 24.1 Å². The highest BCUT2D eigenvalue weighted by atomic mass is 15.2. The number of para-hydroxylation sites is 1. The third-order valence-corrected chi connectivity index (χ3v) is 3.76. The second-order valence-corrected chi connectivity index (χ2v) is 4.98. The minimum absolute atomic E-state index is 0.116. The Morgan fingerprint density at radius 3 is 2.21 bits per heavy atom. The second kappa shape index (κ2) is 5.16. The molecule has 2 atom stereocenters. The molecule has 0 saturated carbocycles. The molecule has 0 amide bonds. The average molecular weight is 248 g/mol. The van der Waals surface area contributed by atoms with Crippen molar-refractivity contribution in [2.24, 2.45) is 5.92 Å². The zero-order valence-corrected chi connectivity index (χ0v) is 10.7. The summed E-state index contributed by atoms with van der Waals surface area (Å²) in [6.45, 7) is 0.820. The molecule has 0 N–H and O–H groups in total. The highest BCUT2D eigenvalue weighted by molar-refractivity contribution is 5.50. The van der Waals surface area contributed by atoms with Gasteiger partial charge in [0.1, 0.15) is 0 Å². The van der Waals surface area contributed by atoms with E-state index in [2.05, 4.69) is 59.5 Å². The first-order valence-corrected chi connectivity index (χ1v) is 6.65. The first kappa shape index (κ1) is 11.8. The minimum atomic E-state index is 0.116. The standard InChI is InChI=1S/C17H16N2/c18-12-14-11-17(15-7-3-1-4-8-15)19(13-14)16-9-5-2-6-10-16/h1-10,14,17H,11,13H2/t14-,17-/m0/s1. The molecule has 2 heteroatoms. The molecule has 19 heavy (non-hydrogen) atoms. The van der Waals surface area contributed by atoms with Crippen LogP contribution in [0, 0.1) is 17.2 Å². The molecule has 1 aliphatic rings. The van der Waals surface area contributed by atoms with E-state index in [1.54, 1.807) is 0 Å². The monoisotopic (exact) mass is 248 g/mol. The van der Waals surface area contributed by atoms with Crippen LogP contribution in [-0.2, 0) is 0 Å². The van der Waals surface area contributed by atoms with Crippen molar-refractivity contribution in [3.8, 4) is 6.07 Å². The molecule has 94 valence electrons. The Balaban J connectivity index is 1.95. The van der Waals surface area contributed by atoms with Gasteiger partial charge in [-0.2, -0.15) is 5.26 Å². The largest absolute Gasteiger partial charge is 0.363 e. The number of rotatable bonds is 2. The highest BCUT2D eigenvalue weighted by Crippen LogP contribution is 2.38. The quantitative estimate of drug-likeness (QED) is 0.808. The Labute approximate surface area is 113 Å². The number of benzene rings is 2. The summed E-state index contributed by atoms with van der Waals surface area (Å²) in [5.41, 5.74) is 2.50. The summed E-state index contributed by atoms with van der Waals surface area (Å²) in [5.74, 6) is 0.116. The van der Waals surface area contributed by atoms with Gasteiger partial charge in [0, 0.05) is 12.2 Å². The van der Waals surface area contributed by atoms with Gasteiger partial charge in [0.25, 0.3) is 0 Å². The van der Waals surface area contributed by atoms with Crippen molar-refractivity contribution >= 4 is 5.69 Å². The molecule has 2 aromatic carbocycles. The molecule has 0 aromatic heterocycles. The van der Waals surface area contributed by atoms with Crippen molar-refractivity contribution in [2.45, 2.75) is 12.5 Å². The third-order valence-electron chi connectivity index (χ3n) is 3.76. The molecule has 1 fully saturated rings. The van der Waals surface area contributed by atoms with E-state index in [9.17, 15) is 5.26 Å². The fraction of sp³-hybridized carbons (Fsp3) is 0.235. The van der Waals surface area contributed by atoms with Crippen molar-refractivity contribution in [1.29, 1.82) is 5.26 Å². The summed E-state index contributed by atoms with van der Waals surface area (Å²) in [4.78, 5) is 2.35. The molecule has 0 aliphatic carbocycles. The van der Waals surface area contributed by atoms with Crippen LogP contribution in [0.4, 0.5) is 5.69 Å². The van der Waals surface area contributed by atoms with Crippen LogP contribution in [0.15, 0.2) is 60.7 Å². The predicted octanol–water partition coefficient (Wildman–Crippen LogP) is 3.78. The fourth-order valence-corrected chi connectivity index (χ4v) is 2.83. The van der Waals surface area contributed by atoms with Crippen molar-refractivity contribution in [2.75, 3.05) is 11.4 Å². The Morgan fingerprint density at radius 2 is 1.58 bits per heavy atom. The van der Waals surface area contributed by atoms with Crippen molar-refractivity contribution in [3.63, 3.8) is 0 Å². The van der Waals surface area contributed by atoms with E-state index in [0.717, 1.165) is 13.0 Å². The Kier molecular flexibility index (Phi) is 3.20. The predicted molar refractivity (Wildman–Crippen MR) is 76.7 cm³/mol. The normalized spacial score (nSPS) is 22.2. The molecule has 1 aliphatic heterocycles. The molecule has 1 saturated heterocycles. The molecule has 0 spiro atoms. The number of hydrogen-bond donors (Lipinski definition) is 0. The lowest BCUT2D eigenvalue weighted by Crippen LogP contribution is -2.23. The zero-order valence-electron chi connectivity index (χ0n) is 10.7. The van der Waals surface area contributed by atoms with E-state index in [1.165, 1.54) is 11.3 Å². The second-order valence-electron chi connectivity index (χ2n) is 4.98. The van der Waals surface area contributed by atoms with Gasteiger partial charge in [-0.3, -0.25) is 0 Å². The summed E-state index contributed by atoms with van der Waals surface area (Å²) < 4.78 is 0. The van der Waals surface area contributed by atoms with E-state index in [-0.39, 0.29) is 5.92 Å². The molecule has 0 bridgehead atoms. The van der Waals surface area contributed by atoms with Crippen LogP contribution in [0.1, 0.15) is 18.0 Å². The first-order valence-electron chi connectivity index (χ1n) is 6.65. The Morgan fingerprint density at radius 1 is 0.947 bits per heavy atom. The highest BCUT2D eigenvalue weighted by Gasteiger charge is 2.32. The van der Waals surface area contributed by atoms with E-state index in [1.807, 2.05) is 12.1 Å². The van der Waals surface area contributed by atoms with Gasteiger partial charge < -0.3 is 4.90 Å². The lowest BCUT2D eigenvalue weighted by molar-refractivity contribution is 0.676. The zero-order chi connectivity index (χ0) is 13.1. The molecular weight excluding hydrogens is 232 g/mol. The van der Waals surface area contributed by atoms with Gasteiger partial charge in [-0.15, -0.1) is 0 Å². The third kappa shape index (κ3) is 2.32. The Hall–Kier alpha value is -2.27. The van der Waals surface area contributed by atoms with Crippen molar-refractivity contribution in [3.05, 3.63) is 66.2 Å². The lowest BCUT2D eigenvalue weighted by Gasteiger charge is -2.27. The maximum absolute atomic E-state index is 9.22. The molecule has 1 heterocycles. The maximum atomic E-state index is 9.22. The summed E-state index contributed by atoms with van der Waals surface area (Å²) >= 11 is 0. The van der Waals surface area contributed by atoms with Gasteiger partial charge in [0.05, 0.1) is 18.0 Å². The summed E-state index contributed by atoms with van der Waals surface area (Å²) in [6, 6.07) is 23.6. The van der Waals surface area contributed by atoms with Gasteiger partial charge in [-0.25, -0.2) is 0 Å². The fourth-order valence-electron chi connectivity index (χ4n) is 2.83. The number of anilines is 1. The molecule has 2 aromatic rings. The van der Waals surface area contributed by atoms with Gasteiger partial charge in [0.15, 0.2) is 0 Å². The number of hydrogen-bond acceptors (Lipinski definition) is 2. The van der Waals surface area contributed by atoms with Crippen LogP contribution < -0.4 is 4.90 Å². The number of nitriles is 1.